The van der Waals surface area contributed by atoms with Gasteiger partial charge >= 0.3 is 5.97 Å². The largest absolute Gasteiger partial charge is 0.462 e. The maximum absolute atomic E-state index is 13.1. The van der Waals surface area contributed by atoms with E-state index in [0.29, 0.717) is 16.7 Å². The molecular weight excluding hydrogens is 332 g/mol. The Hall–Kier alpha value is -2.96. The second kappa shape index (κ2) is 6.74. The number of carbonyl (C=O) groups excluding carboxylic acids is 1. The van der Waals surface area contributed by atoms with Gasteiger partial charge in [0, 0.05) is 11.8 Å². The summed E-state index contributed by atoms with van der Waals surface area (Å²) >= 11 is 0. The molecule has 3 rings (SSSR count). The number of nitrogen functional groups attached to an aromatic ring is 1. The number of hydrogen-bond acceptors (Lipinski definition) is 5. The molecule has 0 spiro atoms. The first kappa shape index (κ1) is 17.8. The number of nitrogens with zero attached hydrogens (tertiary/aromatic N) is 3. The Morgan fingerprint density at radius 3 is 2.81 bits per heavy atom. The third-order valence-electron chi connectivity index (χ3n) is 4.64. The molecule has 136 valence electrons. The zero-order valence-corrected chi connectivity index (χ0v) is 15.4. The highest BCUT2D eigenvalue weighted by Gasteiger charge is 2.27. The average molecular weight is 355 g/mol. The van der Waals surface area contributed by atoms with E-state index in [1.807, 2.05) is 26.8 Å². The summed E-state index contributed by atoms with van der Waals surface area (Å²) in [5, 5.41) is 0.339. The third-order valence-corrected chi connectivity index (χ3v) is 4.64. The second-order valence-corrected chi connectivity index (χ2v) is 6.33. The first-order valence-electron chi connectivity index (χ1n) is 8.73. The molecule has 0 saturated carbocycles. The molecule has 7 nitrogen and oxygen atoms in total. The number of nitrogens with two attached hydrogens (primary N) is 1. The molecular formula is C19H23N4O3+. The Labute approximate surface area is 151 Å². The Kier molecular flexibility index (Phi) is 4.63. The normalized spacial score (nSPS) is 12.5. The van der Waals surface area contributed by atoms with E-state index in [9.17, 15) is 9.59 Å². The highest BCUT2D eigenvalue weighted by molar-refractivity contribution is 5.96. The van der Waals surface area contributed by atoms with Crippen molar-refractivity contribution in [1.82, 2.24) is 9.38 Å². The number of pyridine rings is 2. The minimum absolute atomic E-state index is 0.0368. The van der Waals surface area contributed by atoms with Gasteiger partial charge in [-0.1, -0.05) is 18.0 Å². The summed E-state index contributed by atoms with van der Waals surface area (Å²) in [5.41, 5.74) is 8.18. The average Bonchev–Trinajstić information content (AvgIpc) is 2.62. The number of fused-ring (bicyclic) bond motifs is 2. The maximum Gasteiger partial charge on any atom is 0.344 e. The van der Waals surface area contributed by atoms with Gasteiger partial charge in [-0.3, -0.25) is 9.20 Å². The van der Waals surface area contributed by atoms with Crippen molar-refractivity contribution in [2.75, 3.05) is 12.3 Å². The van der Waals surface area contributed by atoms with Crippen LogP contribution in [0.4, 0.5) is 5.82 Å². The van der Waals surface area contributed by atoms with Crippen molar-refractivity contribution in [3.8, 4) is 0 Å². The van der Waals surface area contributed by atoms with E-state index in [4.69, 9.17) is 15.5 Å². The minimum atomic E-state index is -0.544. The van der Waals surface area contributed by atoms with Crippen LogP contribution >= 0.6 is 0 Å². The van der Waals surface area contributed by atoms with Gasteiger partial charge in [0.05, 0.1) is 12.6 Å². The quantitative estimate of drug-likeness (QED) is 0.440. The molecule has 7 heteroatoms. The van der Waals surface area contributed by atoms with Crippen molar-refractivity contribution >= 4 is 28.5 Å². The van der Waals surface area contributed by atoms with Gasteiger partial charge < -0.3 is 10.5 Å². The van der Waals surface area contributed by atoms with Crippen LogP contribution in [-0.4, -0.2) is 22.0 Å². The molecule has 0 aromatic carbocycles. The summed E-state index contributed by atoms with van der Waals surface area (Å²) in [7, 11) is 0. The lowest BCUT2D eigenvalue weighted by Crippen LogP contribution is -2.44. The maximum atomic E-state index is 13.1. The molecule has 0 aliphatic heterocycles. The molecule has 0 amide bonds. The Morgan fingerprint density at radius 2 is 2.15 bits per heavy atom. The number of rotatable bonds is 4. The molecule has 2 N–H and O–H groups in total. The van der Waals surface area contributed by atoms with Gasteiger partial charge in [0.25, 0.3) is 11.2 Å². The lowest BCUT2D eigenvalue weighted by molar-refractivity contribution is -0.683. The highest BCUT2D eigenvalue weighted by Crippen LogP contribution is 2.19. The Bertz CT molecular complexity index is 1070. The molecule has 3 aromatic heterocycles. The number of anilines is 1. The molecule has 0 saturated heterocycles. The van der Waals surface area contributed by atoms with Crippen molar-refractivity contribution < 1.29 is 14.1 Å². The van der Waals surface area contributed by atoms with Crippen molar-refractivity contribution in [3.63, 3.8) is 0 Å². The number of carbonyl (C=O) groups is 1. The summed E-state index contributed by atoms with van der Waals surface area (Å²) in [6.45, 7) is 7.85. The highest BCUT2D eigenvalue weighted by atomic mass is 16.5. The van der Waals surface area contributed by atoms with Crippen LogP contribution in [0.15, 0.2) is 29.2 Å². The number of esters is 1. The van der Waals surface area contributed by atoms with E-state index in [0.717, 1.165) is 12.0 Å². The number of aromatic nitrogens is 3. The summed E-state index contributed by atoms with van der Waals surface area (Å²) < 4.78 is 8.36. The van der Waals surface area contributed by atoms with Crippen LogP contribution in [0.25, 0.3) is 16.7 Å². The van der Waals surface area contributed by atoms with Gasteiger partial charge in [-0.05, 0) is 39.3 Å². The topological polar surface area (TPSA) is 90.6 Å². The Balaban J connectivity index is 2.51. The first-order valence-corrected chi connectivity index (χ1v) is 8.73. The molecule has 3 aromatic rings. The monoisotopic (exact) mass is 355 g/mol. The van der Waals surface area contributed by atoms with Gasteiger partial charge in [0.15, 0.2) is 0 Å². The second-order valence-electron chi connectivity index (χ2n) is 6.33. The predicted octanol–water partition coefficient (Wildman–Crippen LogP) is 2.17. The number of aryl methyl sites for hydroxylation is 1. The summed E-state index contributed by atoms with van der Waals surface area (Å²) in [6.07, 6.45) is 2.44. The van der Waals surface area contributed by atoms with Crippen molar-refractivity contribution in [1.29, 1.82) is 0 Å². The molecule has 0 aliphatic rings. The third kappa shape index (κ3) is 2.69. The summed E-state index contributed by atoms with van der Waals surface area (Å²) in [5.74, 6) is -0.284. The standard InChI is InChI=1S/C19H22N4O3/c1-5-12(4)23-15(20)13(19(25)26-6-2)10-14-17(23)21-16-11(3)8-7-9-22(16)18(14)24/h7-10,12,20H,5-6H2,1-4H3/p+1/t12-/m1/s1. The number of hydrogen-bond donors (Lipinski definition) is 1. The van der Waals surface area contributed by atoms with E-state index in [1.165, 1.54) is 10.5 Å². The SMILES string of the molecule is CCOC(=O)c1cc2c(=O)n3cccc(C)c3nc2[n+]([C@H](C)CC)c1N. The van der Waals surface area contributed by atoms with E-state index in [-0.39, 0.29) is 29.6 Å². The Morgan fingerprint density at radius 1 is 1.42 bits per heavy atom. The molecule has 3 heterocycles. The zero-order chi connectivity index (χ0) is 19.0. The van der Waals surface area contributed by atoms with Crippen molar-refractivity contribution in [3.05, 3.63) is 45.9 Å². The molecule has 26 heavy (non-hydrogen) atoms. The van der Waals surface area contributed by atoms with Crippen LogP contribution in [0.2, 0.25) is 0 Å². The number of ether oxygens (including phenoxy) is 1. The lowest BCUT2D eigenvalue weighted by Gasteiger charge is -2.16. The fraction of sp³-hybridized carbons (Fsp3) is 0.368. The minimum Gasteiger partial charge on any atom is -0.462 e. The molecule has 0 radical (unpaired) electrons. The van der Waals surface area contributed by atoms with Gasteiger partial charge in [-0.2, -0.15) is 0 Å². The van der Waals surface area contributed by atoms with Crippen LogP contribution in [0.3, 0.4) is 0 Å². The molecule has 0 unspecified atom stereocenters. The molecule has 1 atom stereocenters. The molecule has 0 fully saturated rings. The summed E-state index contributed by atoms with van der Waals surface area (Å²) in [4.78, 5) is 30.1. The van der Waals surface area contributed by atoms with Crippen LogP contribution < -0.4 is 15.9 Å². The molecule has 0 bridgehead atoms. The van der Waals surface area contributed by atoms with Crippen LogP contribution in [-0.2, 0) is 4.74 Å². The van der Waals surface area contributed by atoms with Crippen LogP contribution in [0, 0.1) is 6.92 Å². The van der Waals surface area contributed by atoms with Crippen LogP contribution in [0.5, 0.6) is 0 Å². The van der Waals surface area contributed by atoms with E-state index in [1.54, 1.807) is 23.8 Å². The first-order chi connectivity index (χ1) is 12.4. The fourth-order valence-corrected chi connectivity index (χ4v) is 3.07. The zero-order valence-electron chi connectivity index (χ0n) is 15.4. The molecule has 0 aliphatic carbocycles. The lowest BCUT2D eigenvalue weighted by atomic mass is 10.1. The van der Waals surface area contributed by atoms with E-state index in [2.05, 4.69) is 0 Å². The van der Waals surface area contributed by atoms with Crippen LogP contribution in [0.1, 0.15) is 49.2 Å². The van der Waals surface area contributed by atoms with E-state index >= 15 is 0 Å². The van der Waals surface area contributed by atoms with Gasteiger partial charge in [0.2, 0.25) is 11.5 Å². The van der Waals surface area contributed by atoms with Gasteiger partial charge in [-0.25, -0.2) is 9.36 Å². The summed E-state index contributed by atoms with van der Waals surface area (Å²) in [6, 6.07) is 5.15. The smallest absolute Gasteiger partial charge is 0.344 e. The van der Waals surface area contributed by atoms with Crippen molar-refractivity contribution in [2.45, 2.75) is 40.2 Å². The fourth-order valence-electron chi connectivity index (χ4n) is 3.07. The van der Waals surface area contributed by atoms with E-state index < -0.39 is 5.97 Å². The van der Waals surface area contributed by atoms with Crippen molar-refractivity contribution in [2.24, 2.45) is 0 Å². The van der Waals surface area contributed by atoms with Gasteiger partial charge in [0.1, 0.15) is 10.9 Å². The van der Waals surface area contributed by atoms with Gasteiger partial charge in [-0.15, -0.1) is 0 Å². The predicted molar refractivity (Wildman–Crippen MR) is 99.3 cm³/mol.